The maximum Gasteiger partial charge on any atom is 0.0388 e. The van der Waals surface area contributed by atoms with E-state index in [0.29, 0.717) is 0 Å². The molecule has 0 saturated carbocycles. The van der Waals surface area contributed by atoms with E-state index in [1.165, 1.54) is 57.1 Å². The molecule has 0 radical (unpaired) electrons. The minimum Gasteiger partial charge on any atom is -0.294 e. The van der Waals surface area contributed by atoms with Gasteiger partial charge in [0, 0.05) is 12.3 Å². The summed E-state index contributed by atoms with van der Waals surface area (Å²) in [4.78, 5) is 4.62. The van der Waals surface area contributed by atoms with E-state index in [-0.39, 0.29) is 0 Å². The van der Waals surface area contributed by atoms with Crippen LogP contribution in [0.3, 0.4) is 0 Å². The van der Waals surface area contributed by atoms with Gasteiger partial charge in [-0.3, -0.25) is 4.99 Å². The van der Waals surface area contributed by atoms with Crippen LogP contribution in [0, 0.1) is 0 Å². The molecule has 0 bridgehead atoms. The summed E-state index contributed by atoms with van der Waals surface area (Å²) in [5.41, 5.74) is 1.46. The van der Waals surface area contributed by atoms with E-state index in [9.17, 15) is 0 Å². The van der Waals surface area contributed by atoms with Crippen molar-refractivity contribution in [3.63, 3.8) is 0 Å². The van der Waals surface area contributed by atoms with E-state index in [1.54, 1.807) is 0 Å². The standard InChI is InChI=1S/C11H21N/c1-2-11-9-7-5-3-4-6-8-10-12-11/h2-10H2,1H3/b12-11-. The van der Waals surface area contributed by atoms with Crippen molar-refractivity contribution in [2.45, 2.75) is 58.3 Å². The van der Waals surface area contributed by atoms with Gasteiger partial charge in [0.25, 0.3) is 0 Å². The zero-order valence-corrected chi connectivity index (χ0v) is 8.31. The fourth-order valence-electron chi connectivity index (χ4n) is 1.75. The van der Waals surface area contributed by atoms with Gasteiger partial charge < -0.3 is 0 Å². The van der Waals surface area contributed by atoms with Gasteiger partial charge in [-0.05, 0) is 25.7 Å². The summed E-state index contributed by atoms with van der Waals surface area (Å²) >= 11 is 0. The molecule has 0 saturated heterocycles. The monoisotopic (exact) mass is 167 g/mol. The smallest absolute Gasteiger partial charge is 0.0388 e. The Bertz CT molecular complexity index is 138. The van der Waals surface area contributed by atoms with Gasteiger partial charge in [0.2, 0.25) is 0 Å². The van der Waals surface area contributed by atoms with E-state index in [2.05, 4.69) is 11.9 Å². The first-order chi connectivity index (χ1) is 5.93. The summed E-state index contributed by atoms with van der Waals surface area (Å²) in [6, 6.07) is 0. The molecule has 12 heavy (non-hydrogen) atoms. The molecule has 0 unspecified atom stereocenters. The van der Waals surface area contributed by atoms with Crippen molar-refractivity contribution in [1.82, 2.24) is 0 Å². The lowest BCUT2D eigenvalue weighted by atomic mass is 10.0. The second-order valence-corrected chi connectivity index (χ2v) is 3.67. The highest BCUT2D eigenvalue weighted by atomic mass is 14.7. The summed E-state index contributed by atoms with van der Waals surface area (Å²) in [7, 11) is 0. The lowest BCUT2D eigenvalue weighted by Crippen LogP contribution is -2.00. The Hall–Kier alpha value is -0.330. The van der Waals surface area contributed by atoms with E-state index in [0.717, 1.165) is 6.54 Å². The van der Waals surface area contributed by atoms with Gasteiger partial charge in [0.1, 0.15) is 0 Å². The molecule has 0 amide bonds. The summed E-state index contributed by atoms with van der Waals surface area (Å²) in [5.74, 6) is 0. The van der Waals surface area contributed by atoms with Gasteiger partial charge in [-0.1, -0.05) is 32.6 Å². The Morgan fingerprint density at radius 3 is 2.42 bits per heavy atom. The van der Waals surface area contributed by atoms with Crippen LogP contribution < -0.4 is 0 Å². The van der Waals surface area contributed by atoms with Gasteiger partial charge in [-0.25, -0.2) is 0 Å². The van der Waals surface area contributed by atoms with Crippen molar-refractivity contribution >= 4 is 5.71 Å². The van der Waals surface area contributed by atoms with Crippen molar-refractivity contribution in [2.75, 3.05) is 6.54 Å². The Morgan fingerprint density at radius 2 is 1.67 bits per heavy atom. The van der Waals surface area contributed by atoms with Crippen molar-refractivity contribution in [1.29, 1.82) is 0 Å². The minimum atomic E-state index is 1.09. The number of hydrogen-bond donors (Lipinski definition) is 0. The van der Waals surface area contributed by atoms with Crippen molar-refractivity contribution in [2.24, 2.45) is 4.99 Å². The summed E-state index contributed by atoms with van der Waals surface area (Å²) in [6.07, 6.45) is 10.8. The number of aliphatic imine (C=N–C) groups is 1. The summed E-state index contributed by atoms with van der Waals surface area (Å²) in [5, 5.41) is 0. The Labute approximate surface area is 76.3 Å². The largest absolute Gasteiger partial charge is 0.294 e. The molecular formula is C11H21N. The van der Waals surface area contributed by atoms with Gasteiger partial charge >= 0.3 is 0 Å². The molecule has 0 aromatic rings. The lowest BCUT2D eigenvalue weighted by molar-refractivity contribution is 0.594. The molecule has 1 nitrogen and oxygen atoms in total. The Balaban J connectivity index is 2.32. The second kappa shape index (κ2) is 6.22. The molecule has 1 aliphatic heterocycles. The molecule has 1 heterocycles. The molecule has 1 aliphatic rings. The van der Waals surface area contributed by atoms with Crippen molar-refractivity contribution in [3.8, 4) is 0 Å². The van der Waals surface area contributed by atoms with Gasteiger partial charge in [-0.15, -0.1) is 0 Å². The number of rotatable bonds is 1. The van der Waals surface area contributed by atoms with Crippen LogP contribution >= 0.6 is 0 Å². The first kappa shape index (κ1) is 9.76. The second-order valence-electron chi connectivity index (χ2n) is 3.67. The van der Waals surface area contributed by atoms with Gasteiger partial charge in [-0.2, -0.15) is 0 Å². The molecule has 0 N–H and O–H groups in total. The minimum absolute atomic E-state index is 1.09. The van der Waals surface area contributed by atoms with Crippen LogP contribution in [0.15, 0.2) is 4.99 Å². The van der Waals surface area contributed by atoms with Crippen LogP contribution in [-0.4, -0.2) is 12.3 Å². The maximum atomic E-state index is 4.62. The molecule has 0 atom stereocenters. The van der Waals surface area contributed by atoms with Gasteiger partial charge in [0.05, 0.1) is 0 Å². The summed E-state index contributed by atoms with van der Waals surface area (Å²) < 4.78 is 0. The Kier molecular flexibility index (Phi) is 5.05. The van der Waals surface area contributed by atoms with E-state index in [4.69, 9.17) is 0 Å². The third-order valence-electron chi connectivity index (χ3n) is 2.62. The molecule has 0 spiro atoms. The first-order valence-corrected chi connectivity index (χ1v) is 5.45. The zero-order chi connectivity index (χ0) is 8.65. The maximum absolute atomic E-state index is 4.62. The highest BCUT2D eigenvalue weighted by molar-refractivity contribution is 5.84. The topological polar surface area (TPSA) is 12.4 Å². The average Bonchev–Trinajstić information content (AvgIpc) is 2.14. The predicted octanol–water partition coefficient (Wildman–Crippen LogP) is 3.58. The molecule has 1 rings (SSSR count). The SMILES string of the molecule is CC/C1=N/CCCCCCCC1. The van der Waals surface area contributed by atoms with E-state index in [1.807, 2.05) is 0 Å². The molecule has 70 valence electrons. The fourth-order valence-corrected chi connectivity index (χ4v) is 1.75. The molecule has 0 aliphatic carbocycles. The van der Waals surface area contributed by atoms with Crippen LogP contribution in [0.25, 0.3) is 0 Å². The molecular weight excluding hydrogens is 146 g/mol. The number of hydrogen-bond acceptors (Lipinski definition) is 1. The molecule has 1 heteroatoms. The fraction of sp³-hybridized carbons (Fsp3) is 0.909. The van der Waals surface area contributed by atoms with Gasteiger partial charge in [0.15, 0.2) is 0 Å². The third kappa shape index (κ3) is 3.89. The van der Waals surface area contributed by atoms with Crippen molar-refractivity contribution in [3.05, 3.63) is 0 Å². The quantitative estimate of drug-likeness (QED) is 0.566. The molecule has 0 aromatic carbocycles. The molecule has 0 aromatic heterocycles. The first-order valence-electron chi connectivity index (χ1n) is 5.45. The average molecular weight is 167 g/mol. The van der Waals surface area contributed by atoms with E-state index < -0.39 is 0 Å². The van der Waals surface area contributed by atoms with Crippen LogP contribution in [0.4, 0.5) is 0 Å². The highest BCUT2D eigenvalue weighted by Crippen LogP contribution is 2.11. The van der Waals surface area contributed by atoms with Crippen molar-refractivity contribution < 1.29 is 0 Å². The third-order valence-corrected chi connectivity index (χ3v) is 2.62. The van der Waals surface area contributed by atoms with Crippen LogP contribution in [0.2, 0.25) is 0 Å². The zero-order valence-electron chi connectivity index (χ0n) is 8.31. The number of nitrogens with zero attached hydrogens (tertiary/aromatic N) is 1. The highest BCUT2D eigenvalue weighted by Gasteiger charge is 1.99. The van der Waals surface area contributed by atoms with Crippen LogP contribution in [0.1, 0.15) is 58.3 Å². The summed E-state index contributed by atoms with van der Waals surface area (Å²) in [6.45, 7) is 3.31. The predicted molar refractivity (Wildman–Crippen MR) is 54.9 cm³/mol. The van der Waals surface area contributed by atoms with E-state index >= 15 is 0 Å². The normalized spacial score (nSPS) is 25.9. The van der Waals surface area contributed by atoms with Crippen LogP contribution in [0.5, 0.6) is 0 Å². The lowest BCUT2D eigenvalue weighted by Gasteiger charge is -2.07. The Morgan fingerprint density at radius 1 is 1.00 bits per heavy atom. The van der Waals surface area contributed by atoms with Crippen LogP contribution in [-0.2, 0) is 0 Å². The molecule has 0 fully saturated rings.